The molecule has 1 saturated carbocycles. The maximum atomic E-state index is 12.2. The first-order valence-corrected chi connectivity index (χ1v) is 6.98. The predicted octanol–water partition coefficient (Wildman–Crippen LogP) is 2.24. The van der Waals surface area contributed by atoms with Gasteiger partial charge in [-0.05, 0) is 18.9 Å². The lowest BCUT2D eigenvalue weighted by molar-refractivity contribution is 0.0622. The maximum absolute atomic E-state index is 12.2. The topological polar surface area (TPSA) is 39.3 Å². The summed E-state index contributed by atoms with van der Waals surface area (Å²) in [6.07, 6.45) is 2.63. The van der Waals surface area contributed by atoms with Crippen LogP contribution < -0.4 is 0 Å². The van der Waals surface area contributed by atoms with Crippen LogP contribution in [0.4, 0.5) is 0 Å². The van der Waals surface area contributed by atoms with Crippen molar-refractivity contribution in [1.29, 1.82) is 0 Å². The molecule has 1 aromatic rings. The van der Waals surface area contributed by atoms with E-state index in [0.717, 1.165) is 32.2 Å². The molecule has 0 aromatic carbocycles. The summed E-state index contributed by atoms with van der Waals surface area (Å²) in [5.41, 5.74) is 0.477. The van der Waals surface area contributed by atoms with Crippen LogP contribution in [0.15, 0.2) is 6.07 Å². The molecular formula is C12H15Cl2N3O. The molecule has 1 aromatic heterocycles. The van der Waals surface area contributed by atoms with E-state index in [1.54, 1.807) is 6.07 Å². The highest BCUT2D eigenvalue weighted by molar-refractivity contribution is 6.41. The van der Waals surface area contributed by atoms with E-state index in [1.807, 2.05) is 4.90 Å². The number of hydrogen-bond donors (Lipinski definition) is 1. The van der Waals surface area contributed by atoms with E-state index >= 15 is 0 Å². The van der Waals surface area contributed by atoms with Crippen LogP contribution in [0.1, 0.15) is 23.3 Å². The smallest absolute Gasteiger partial charge is 0.270 e. The Bertz CT molecular complexity index is 442. The van der Waals surface area contributed by atoms with E-state index in [0.29, 0.717) is 15.9 Å². The summed E-state index contributed by atoms with van der Waals surface area (Å²) in [5, 5.41) is 0.730. The average molecular weight is 288 g/mol. The molecule has 1 aliphatic carbocycles. The van der Waals surface area contributed by atoms with Gasteiger partial charge in [-0.3, -0.25) is 9.69 Å². The van der Waals surface area contributed by atoms with Gasteiger partial charge in [0, 0.05) is 32.2 Å². The number of carbonyl (C=O) groups excluding carboxylic acids is 1. The summed E-state index contributed by atoms with van der Waals surface area (Å²) in [5.74, 6) is -0.0146. The molecule has 2 fully saturated rings. The summed E-state index contributed by atoms with van der Waals surface area (Å²) >= 11 is 11.7. The number of amides is 1. The van der Waals surface area contributed by atoms with Crippen molar-refractivity contribution >= 4 is 29.1 Å². The van der Waals surface area contributed by atoms with Gasteiger partial charge < -0.3 is 9.88 Å². The molecule has 0 radical (unpaired) electrons. The molecule has 2 aliphatic rings. The molecule has 18 heavy (non-hydrogen) atoms. The van der Waals surface area contributed by atoms with Crippen molar-refractivity contribution in [3.8, 4) is 0 Å². The predicted molar refractivity (Wildman–Crippen MR) is 71.3 cm³/mol. The molecule has 98 valence electrons. The van der Waals surface area contributed by atoms with Gasteiger partial charge in [-0.1, -0.05) is 23.2 Å². The Labute approximate surface area is 116 Å². The number of aromatic amines is 1. The summed E-state index contributed by atoms with van der Waals surface area (Å²) in [6, 6.07) is 2.37. The average Bonchev–Trinajstić information content (AvgIpc) is 3.16. The highest BCUT2D eigenvalue weighted by Gasteiger charge is 2.32. The third-order valence-electron chi connectivity index (χ3n) is 3.62. The molecule has 1 aliphatic heterocycles. The molecular weight excluding hydrogens is 273 g/mol. The van der Waals surface area contributed by atoms with Crippen molar-refractivity contribution in [1.82, 2.24) is 14.8 Å². The van der Waals surface area contributed by atoms with Crippen LogP contribution >= 0.6 is 23.2 Å². The van der Waals surface area contributed by atoms with Crippen LogP contribution in [-0.4, -0.2) is 52.9 Å². The number of rotatable bonds is 2. The molecule has 4 nitrogen and oxygen atoms in total. The Morgan fingerprint density at radius 3 is 2.39 bits per heavy atom. The van der Waals surface area contributed by atoms with Gasteiger partial charge in [0.2, 0.25) is 0 Å². The number of halogens is 2. The quantitative estimate of drug-likeness (QED) is 0.906. The Balaban J connectivity index is 1.63. The Morgan fingerprint density at radius 1 is 1.22 bits per heavy atom. The van der Waals surface area contributed by atoms with Gasteiger partial charge >= 0.3 is 0 Å². The Kier molecular flexibility index (Phi) is 3.26. The molecule has 0 spiro atoms. The molecule has 0 bridgehead atoms. The lowest BCUT2D eigenvalue weighted by Crippen LogP contribution is -2.49. The number of aromatic nitrogens is 1. The van der Waals surface area contributed by atoms with Crippen LogP contribution in [0, 0.1) is 0 Å². The van der Waals surface area contributed by atoms with Crippen molar-refractivity contribution in [3.05, 3.63) is 21.9 Å². The summed E-state index contributed by atoms with van der Waals surface area (Å²) < 4.78 is 0. The van der Waals surface area contributed by atoms with Crippen LogP contribution in [0.3, 0.4) is 0 Å². The van der Waals surface area contributed by atoms with Crippen molar-refractivity contribution in [2.45, 2.75) is 18.9 Å². The van der Waals surface area contributed by atoms with Crippen LogP contribution in [0.25, 0.3) is 0 Å². The minimum absolute atomic E-state index is 0.0146. The molecule has 1 saturated heterocycles. The first kappa shape index (κ1) is 12.3. The number of nitrogens with zero attached hydrogens (tertiary/aromatic N) is 2. The Morgan fingerprint density at radius 2 is 1.89 bits per heavy atom. The second-order valence-corrected chi connectivity index (χ2v) is 5.69. The van der Waals surface area contributed by atoms with E-state index in [4.69, 9.17) is 23.2 Å². The second kappa shape index (κ2) is 4.76. The molecule has 6 heteroatoms. The number of nitrogens with one attached hydrogen (secondary N) is 1. The number of carbonyl (C=O) groups is 1. The minimum Gasteiger partial charge on any atom is -0.340 e. The zero-order chi connectivity index (χ0) is 12.7. The van der Waals surface area contributed by atoms with Crippen molar-refractivity contribution < 1.29 is 4.79 Å². The second-order valence-electron chi connectivity index (χ2n) is 4.90. The van der Waals surface area contributed by atoms with Crippen LogP contribution in [0.5, 0.6) is 0 Å². The van der Waals surface area contributed by atoms with Crippen molar-refractivity contribution in [2.24, 2.45) is 0 Å². The number of piperazine rings is 1. The van der Waals surface area contributed by atoms with E-state index in [2.05, 4.69) is 9.88 Å². The third kappa shape index (κ3) is 2.37. The Hall–Kier alpha value is -0.710. The molecule has 1 N–H and O–H groups in total. The monoisotopic (exact) mass is 287 g/mol. The van der Waals surface area contributed by atoms with Crippen molar-refractivity contribution in [3.63, 3.8) is 0 Å². The fourth-order valence-electron chi connectivity index (χ4n) is 2.42. The van der Waals surface area contributed by atoms with Crippen molar-refractivity contribution in [2.75, 3.05) is 26.2 Å². The van der Waals surface area contributed by atoms with E-state index in [9.17, 15) is 4.79 Å². The van der Waals surface area contributed by atoms with Gasteiger partial charge in [-0.15, -0.1) is 0 Å². The summed E-state index contributed by atoms with van der Waals surface area (Å²) in [4.78, 5) is 19.4. The normalized spacial score (nSPS) is 21.3. The first-order valence-electron chi connectivity index (χ1n) is 6.22. The fourth-order valence-corrected chi connectivity index (χ4v) is 2.73. The lowest BCUT2D eigenvalue weighted by Gasteiger charge is -2.34. The highest BCUT2D eigenvalue weighted by Crippen LogP contribution is 2.28. The third-order valence-corrected chi connectivity index (χ3v) is 4.31. The van der Waals surface area contributed by atoms with Gasteiger partial charge in [0.25, 0.3) is 5.91 Å². The molecule has 3 rings (SSSR count). The largest absolute Gasteiger partial charge is 0.340 e. The first-order chi connectivity index (χ1) is 8.65. The highest BCUT2D eigenvalue weighted by atomic mass is 35.5. The summed E-state index contributed by atoms with van der Waals surface area (Å²) in [7, 11) is 0. The standard InChI is InChI=1S/C12H15Cl2N3O/c13-9-7-10(15-11(9)14)12(18)17-5-3-16(4-6-17)8-1-2-8/h7-8,15H,1-6H2. The van der Waals surface area contributed by atoms with Gasteiger partial charge in [0.15, 0.2) is 0 Å². The number of hydrogen-bond acceptors (Lipinski definition) is 2. The van der Waals surface area contributed by atoms with Gasteiger partial charge in [-0.2, -0.15) is 0 Å². The maximum Gasteiger partial charge on any atom is 0.270 e. The molecule has 2 heterocycles. The number of H-pyrrole nitrogens is 1. The van der Waals surface area contributed by atoms with Crippen LogP contribution in [-0.2, 0) is 0 Å². The zero-order valence-corrected chi connectivity index (χ0v) is 11.5. The van der Waals surface area contributed by atoms with E-state index in [-0.39, 0.29) is 5.91 Å². The van der Waals surface area contributed by atoms with E-state index < -0.39 is 0 Å². The summed E-state index contributed by atoms with van der Waals surface area (Å²) in [6.45, 7) is 3.50. The fraction of sp³-hybridized carbons (Fsp3) is 0.583. The zero-order valence-electron chi connectivity index (χ0n) is 9.96. The van der Waals surface area contributed by atoms with Gasteiger partial charge in [-0.25, -0.2) is 0 Å². The molecule has 0 unspecified atom stereocenters. The molecule has 1 amide bonds. The minimum atomic E-state index is -0.0146. The lowest BCUT2D eigenvalue weighted by atomic mass is 10.2. The van der Waals surface area contributed by atoms with Gasteiger partial charge in [0.05, 0.1) is 5.02 Å². The van der Waals surface area contributed by atoms with Gasteiger partial charge in [0.1, 0.15) is 10.8 Å². The van der Waals surface area contributed by atoms with E-state index in [1.165, 1.54) is 12.8 Å². The molecule has 0 atom stereocenters. The SMILES string of the molecule is O=C(c1cc(Cl)c(Cl)[nH]1)N1CCN(C2CC2)CC1. The van der Waals surface area contributed by atoms with Crippen LogP contribution in [0.2, 0.25) is 10.2 Å².